The van der Waals surface area contributed by atoms with Crippen LogP contribution in [0, 0.1) is 5.92 Å². The van der Waals surface area contributed by atoms with Gasteiger partial charge in [-0.05, 0) is 25.7 Å². The number of anilines is 1. The third-order valence-corrected chi connectivity index (χ3v) is 5.15. The maximum absolute atomic E-state index is 12.6. The van der Waals surface area contributed by atoms with Gasteiger partial charge in [0, 0.05) is 19.0 Å². The SMILES string of the molecule is CCc1[nH]nc(C(=O)N2CCC3(O)CCCCC3C2)c1N. The third kappa shape index (κ3) is 2.41. The third-order valence-electron chi connectivity index (χ3n) is 5.15. The summed E-state index contributed by atoms with van der Waals surface area (Å²) in [6.45, 7) is 3.17. The molecule has 6 heteroatoms. The smallest absolute Gasteiger partial charge is 0.276 e. The Balaban J connectivity index is 1.75. The number of hydrogen-bond acceptors (Lipinski definition) is 4. The van der Waals surface area contributed by atoms with Gasteiger partial charge in [-0.2, -0.15) is 5.10 Å². The maximum Gasteiger partial charge on any atom is 0.276 e. The summed E-state index contributed by atoms with van der Waals surface area (Å²) in [5.41, 5.74) is 7.02. The molecule has 2 aliphatic rings. The second kappa shape index (κ2) is 5.33. The Labute approximate surface area is 124 Å². The maximum atomic E-state index is 12.6. The molecular formula is C15H24N4O2. The second-order valence-electron chi connectivity index (χ2n) is 6.37. The van der Waals surface area contributed by atoms with Crippen LogP contribution in [0.15, 0.2) is 0 Å². The molecule has 1 aromatic rings. The highest BCUT2D eigenvalue weighted by molar-refractivity contribution is 5.97. The molecule has 2 unspecified atom stereocenters. The fraction of sp³-hybridized carbons (Fsp3) is 0.733. The minimum absolute atomic E-state index is 0.115. The molecule has 0 aromatic carbocycles. The van der Waals surface area contributed by atoms with E-state index in [9.17, 15) is 9.90 Å². The van der Waals surface area contributed by atoms with E-state index in [4.69, 9.17) is 5.73 Å². The van der Waals surface area contributed by atoms with Crippen molar-refractivity contribution < 1.29 is 9.90 Å². The monoisotopic (exact) mass is 292 g/mol. The molecular weight excluding hydrogens is 268 g/mol. The van der Waals surface area contributed by atoms with Crippen molar-refractivity contribution in [3.63, 3.8) is 0 Å². The predicted molar refractivity (Wildman–Crippen MR) is 79.8 cm³/mol. The zero-order chi connectivity index (χ0) is 15.0. The number of likely N-dealkylation sites (tertiary alicyclic amines) is 1. The lowest BCUT2D eigenvalue weighted by Gasteiger charge is -2.47. The number of rotatable bonds is 2. The summed E-state index contributed by atoms with van der Waals surface area (Å²) in [7, 11) is 0. The molecule has 1 saturated carbocycles. The number of aromatic amines is 1. The molecule has 1 aliphatic carbocycles. The van der Waals surface area contributed by atoms with Crippen LogP contribution in [0.5, 0.6) is 0 Å². The van der Waals surface area contributed by atoms with Gasteiger partial charge in [0.1, 0.15) is 0 Å². The number of nitrogens with two attached hydrogens (primary N) is 1. The first kappa shape index (κ1) is 14.4. The Bertz CT molecular complexity index is 542. The summed E-state index contributed by atoms with van der Waals surface area (Å²) < 4.78 is 0. The highest BCUT2D eigenvalue weighted by atomic mass is 16.3. The highest BCUT2D eigenvalue weighted by Gasteiger charge is 2.44. The highest BCUT2D eigenvalue weighted by Crippen LogP contribution is 2.40. The molecule has 3 rings (SSSR count). The van der Waals surface area contributed by atoms with Gasteiger partial charge in [0.2, 0.25) is 0 Å². The first-order chi connectivity index (χ1) is 10.0. The van der Waals surface area contributed by atoms with E-state index in [2.05, 4.69) is 10.2 Å². The minimum atomic E-state index is -0.569. The number of aliphatic hydroxyl groups is 1. The molecule has 2 atom stereocenters. The van der Waals surface area contributed by atoms with Gasteiger partial charge in [0.05, 0.1) is 17.0 Å². The molecule has 2 fully saturated rings. The number of carbonyl (C=O) groups excluding carboxylic acids is 1. The van der Waals surface area contributed by atoms with Gasteiger partial charge in [-0.3, -0.25) is 9.89 Å². The van der Waals surface area contributed by atoms with Crippen LogP contribution in [0.25, 0.3) is 0 Å². The molecule has 2 heterocycles. The van der Waals surface area contributed by atoms with Gasteiger partial charge in [-0.15, -0.1) is 0 Å². The number of carbonyl (C=O) groups is 1. The zero-order valence-electron chi connectivity index (χ0n) is 12.6. The molecule has 4 N–H and O–H groups in total. The molecule has 1 saturated heterocycles. The van der Waals surface area contributed by atoms with Crippen molar-refractivity contribution in [2.45, 2.75) is 51.0 Å². The van der Waals surface area contributed by atoms with Crippen LogP contribution in [0.4, 0.5) is 5.69 Å². The summed E-state index contributed by atoms with van der Waals surface area (Å²) in [6.07, 6.45) is 5.48. The van der Waals surface area contributed by atoms with Crippen LogP contribution in [-0.4, -0.2) is 44.8 Å². The number of H-pyrrole nitrogens is 1. The summed E-state index contributed by atoms with van der Waals surface area (Å²) in [5, 5.41) is 17.6. The summed E-state index contributed by atoms with van der Waals surface area (Å²) in [5.74, 6) is 0.0748. The quantitative estimate of drug-likeness (QED) is 0.766. The van der Waals surface area contributed by atoms with Gasteiger partial charge in [0.15, 0.2) is 5.69 Å². The van der Waals surface area contributed by atoms with Crippen LogP contribution in [-0.2, 0) is 6.42 Å². The number of nitrogens with zero attached hydrogens (tertiary/aromatic N) is 2. The van der Waals surface area contributed by atoms with E-state index in [1.807, 2.05) is 6.92 Å². The van der Waals surface area contributed by atoms with Crippen LogP contribution in [0.1, 0.15) is 55.2 Å². The normalized spacial score (nSPS) is 29.2. The Morgan fingerprint density at radius 3 is 3.05 bits per heavy atom. The van der Waals surface area contributed by atoms with Crippen LogP contribution in [0.2, 0.25) is 0 Å². The number of nitrogen functional groups attached to an aromatic ring is 1. The van der Waals surface area contributed by atoms with Gasteiger partial charge in [-0.25, -0.2) is 0 Å². The molecule has 6 nitrogen and oxygen atoms in total. The van der Waals surface area contributed by atoms with Crippen molar-refractivity contribution in [2.75, 3.05) is 18.8 Å². The first-order valence-electron chi connectivity index (χ1n) is 7.89. The first-order valence-corrected chi connectivity index (χ1v) is 7.89. The molecule has 1 amide bonds. The Kier molecular flexibility index (Phi) is 3.65. The Hall–Kier alpha value is -1.56. The van der Waals surface area contributed by atoms with Gasteiger partial charge < -0.3 is 15.7 Å². The molecule has 1 aromatic heterocycles. The predicted octanol–water partition coefficient (Wildman–Crippen LogP) is 1.32. The van der Waals surface area contributed by atoms with Crippen molar-refractivity contribution in [2.24, 2.45) is 5.92 Å². The van der Waals surface area contributed by atoms with Crippen LogP contribution >= 0.6 is 0 Å². The molecule has 116 valence electrons. The van der Waals surface area contributed by atoms with E-state index in [0.717, 1.165) is 37.8 Å². The van der Waals surface area contributed by atoms with Crippen molar-refractivity contribution in [3.8, 4) is 0 Å². The average Bonchev–Trinajstić information content (AvgIpc) is 2.86. The van der Waals surface area contributed by atoms with E-state index in [-0.39, 0.29) is 11.8 Å². The Morgan fingerprint density at radius 2 is 2.33 bits per heavy atom. The molecule has 0 spiro atoms. The standard InChI is InChI=1S/C15H24N4O2/c1-2-11-12(16)13(18-17-11)14(20)19-8-7-15(21)6-4-3-5-10(15)9-19/h10,21H,2-9,16H2,1H3,(H,17,18). The Morgan fingerprint density at radius 1 is 1.52 bits per heavy atom. The summed E-state index contributed by atoms with van der Waals surface area (Å²) >= 11 is 0. The molecule has 0 bridgehead atoms. The van der Waals surface area contributed by atoms with E-state index in [1.165, 1.54) is 0 Å². The number of nitrogens with one attached hydrogen (secondary N) is 1. The average molecular weight is 292 g/mol. The van der Waals surface area contributed by atoms with Crippen molar-refractivity contribution in [1.29, 1.82) is 0 Å². The molecule has 0 radical (unpaired) electrons. The number of piperidine rings is 1. The van der Waals surface area contributed by atoms with E-state index < -0.39 is 5.60 Å². The van der Waals surface area contributed by atoms with Crippen molar-refractivity contribution in [3.05, 3.63) is 11.4 Å². The largest absolute Gasteiger partial charge is 0.395 e. The minimum Gasteiger partial charge on any atom is -0.395 e. The lowest BCUT2D eigenvalue weighted by atomic mass is 9.71. The molecule has 1 aliphatic heterocycles. The number of aromatic nitrogens is 2. The van der Waals surface area contributed by atoms with Crippen molar-refractivity contribution >= 4 is 11.6 Å². The number of amides is 1. The summed E-state index contributed by atoms with van der Waals surface area (Å²) in [6, 6.07) is 0. The van der Waals surface area contributed by atoms with Gasteiger partial charge in [0.25, 0.3) is 5.91 Å². The van der Waals surface area contributed by atoms with E-state index in [1.54, 1.807) is 4.90 Å². The van der Waals surface area contributed by atoms with Gasteiger partial charge in [-0.1, -0.05) is 19.8 Å². The van der Waals surface area contributed by atoms with Crippen LogP contribution in [0.3, 0.4) is 0 Å². The number of hydrogen-bond donors (Lipinski definition) is 3. The number of fused-ring (bicyclic) bond motifs is 1. The second-order valence-corrected chi connectivity index (χ2v) is 6.37. The van der Waals surface area contributed by atoms with E-state index in [0.29, 0.717) is 30.9 Å². The number of aryl methyl sites for hydroxylation is 1. The summed E-state index contributed by atoms with van der Waals surface area (Å²) in [4.78, 5) is 14.4. The fourth-order valence-electron chi connectivity index (χ4n) is 3.72. The van der Waals surface area contributed by atoms with Gasteiger partial charge >= 0.3 is 0 Å². The fourth-order valence-corrected chi connectivity index (χ4v) is 3.72. The lowest BCUT2D eigenvalue weighted by Crippen LogP contribution is -2.54. The van der Waals surface area contributed by atoms with E-state index >= 15 is 0 Å². The lowest BCUT2D eigenvalue weighted by molar-refractivity contribution is -0.0886. The van der Waals surface area contributed by atoms with Crippen molar-refractivity contribution in [1.82, 2.24) is 15.1 Å². The topological polar surface area (TPSA) is 95.2 Å². The molecule has 21 heavy (non-hydrogen) atoms. The van der Waals surface area contributed by atoms with Crippen LogP contribution < -0.4 is 5.73 Å². The zero-order valence-corrected chi connectivity index (χ0v) is 12.6.